The van der Waals surface area contributed by atoms with Crippen LogP contribution in [-0.4, -0.2) is 29.8 Å². The van der Waals surface area contributed by atoms with E-state index in [0.29, 0.717) is 17.8 Å². The fourth-order valence-corrected chi connectivity index (χ4v) is 5.82. The summed E-state index contributed by atoms with van der Waals surface area (Å²) in [6.07, 6.45) is 4.30. The maximum absolute atomic E-state index is 13.4. The molecule has 0 radical (unpaired) electrons. The van der Waals surface area contributed by atoms with Gasteiger partial charge in [0.2, 0.25) is 0 Å². The lowest BCUT2D eigenvalue weighted by Gasteiger charge is -2.24. The zero-order valence-electron chi connectivity index (χ0n) is 17.4. The maximum atomic E-state index is 13.4. The van der Waals surface area contributed by atoms with Crippen LogP contribution < -0.4 is 4.31 Å². The van der Waals surface area contributed by atoms with Crippen LogP contribution >= 0.6 is 0 Å². The highest BCUT2D eigenvalue weighted by Crippen LogP contribution is 2.36. The van der Waals surface area contributed by atoms with Crippen LogP contribution in [0.4, 0.5) is 5.69 Å². The number of imidazole rings is 1. The second-order valence-electron chi connectivity index (χ2n) is 7.79. The first-order chi connectivity index (χ1) is 15.4. The summed E-state index contributed by atoms with van der Waals surface area (Å²) in [5.41, 5.74) is 3.21. The van der Waals surface area contributed by atoms with Gasteiger partial charge in [0, 0.05) is 18.4 Å². The van der Waals surface area contributed by atoms with Crippen molar-refractivity contribution < 1.29 is 17.9 Å². The summed E-state index contributed by atoms with van der Waals surface area (Å²) >= 11 is 0. The van der Waals surface area contributed by atoms with Crippen LogP contribution in [0.25, 0.3) is 5.65 Å². The van der Waals surface area contributed by atoms with Crippen LogP contribution in [0.2, 0.25) is 0 Å². The largest absolute Gasteiger partial charge is 0.456 e. The molecule has 1 atom stereocenters. The first kappa shape index (κ1) is 20.3. The van der Waals surface area contributed by atoms with Crippen LogP contribution in [0.1, 0.15) is 28.5 Å². The molecule has 0 amide bonds. The molecule has 4 aromatic rings. The minimum atomic E-state index is -3.83. The monoisotopic (exact) mass is 447 g/mol. The minimum absolute atomic E-state index is 0.00593. The van der Waals surface area contributed by atoms with Crippen molar-refractivity contribution in [1.29, 1.82) is 0 Å². The van der Waals surface area contributed by atoms with E-state index in [1.165, 1.54) is 16.4 Å². The predicted octanol–water partition coefficient (Wildman–Crippen LogP) is 3.83. The van der Waals surface area contributed by atoms with Crippen LogP contribution in [0.5, 0.6) is 0 Å². The molecule has 2 aromatic heterocycles. The van der Waals surface area contributed by atoms with E-state index in [4.69, 9.17) is 4.74 Å². The number of esters is 1. The van der Waals surface area contributed by atoms with E-state index in [-0.39, 0.29) is 23.1 Å². The average Bonchev–Trinajstić information content (AvgIpc) is 3.37. The van der Waals surface area contributed by atoms with E-state index in [1.807, 2.05) is 60.0 Å². The quantitative estimate of drug-likeness (QED) is 0.435. The number of para-hydroxylation sites is 1. The number of sulfonamides is 1. The van der Waals surface area contributed by atoms with Crippen molar-refractivity contribution >= 4 is 27.3 Å². The van der Waals surface area contributed by atoms with E-state index in [1.54, 1.807) is 18.3 Å². The number of rotatable bonds is 5. The normalized spacial score (nSPS) is 15.7. The Bertz CT molecular complexity index is 1390. The fraction of sp³-hybridized carbons (Fsp3) is 0.167. The van der Waals surface area contributed by atoms with Gasteiger partial charge < -0.3 is 9.14 Å². The molecule has 5 rings (SSSR count). The Morgan fingerprint density at radius 2 is 1.91 bits per heavy atom. The maximum Gasteiger partial charge on any atom is 0.338 e. The Kier molecular flexibility index (Phi) is 4.94. The molecule has 8 heteroatoms. The summed E-state index contributed by atoms with van der Waals surface area (Å²) < 4.78 is 35.5. The lowest BCUT2D eigenvalue weighted by atomic mass is 10.1. The summed E-state index contributed by atoms with van der Waals surface area (Å²) in [5, 5.41) is 0. The molecule has 32 heavy (non-hydrogen) atoms. The number of nitrogens with zero attached hydrogens (tertiary/aromatic N) is 3. The van der Waals surface area contributed by atoms with E-state index in [2.05, 4.69) is 4.98 Å². The first-order valence-electron chi connectivity index (χ1n) is 10.3. The summed E-state index contributed by atoms with van der Waals surface area (Å²) in [5.74, 6) is -0.603. The standard InChI is InChI=1S/C24H21N3O4S/c1-17-13-18-7-2-3-10-22(18)27(17)32(29,30)21-9-6-8-19(14-21)24(28)31-16-20-15-26-12-5-4-11-23(26)25-20/h2-12,14-15,17H,13,16H2,1H3/t17-/m1/s1. The Labute approximate surface area is 185 Å². The zero-order valence-corrected chi connectivity index (χ0v) is 18.2. The highest BCUT2D eigenvalue weighted by molar-refractivity contribution is 7.92. The van der Waals surface area contributed by atoms with Gasteiger partial charge in [0.25, 0.3) is 10.0 Å². The van der Waals surface area contributed by atoms with Crippen LogP contribution in [-0.2, 0) is 27.8 Å². The molecular formula is C24H21N3O4S. The van der Waals surface area contributed by atoms with Gasteiger partial charge in [-0.15, -0.1) is 0 Å². The van der Waals surface area contributed by atoms with Crippen molar-refractivity contribution in [3.8, 4) is 0 Å². The number of carbonyl (C=O) groups is 1. The van der Waals surface area contributed by atoms with Crippen molar-refractivity contribution in [3.05, 3.63) is 95.9 Å². The van der Waals surface area contributed by atoms with E-state index in [9.17, 15) is 13.2 Å². The fourth-order valence-electron chi connectivity index (χ4n) is 4.08. The lowest BCUT2D eigenvalue weighted by molar-refractivity contribution is 0.0468. The van der Waals surface area contributed by atoms with Gasteiger partial charge >= 0.3 is 5.97 Å². The average molecular weight is 448 g/mol. The van der Waals surface area contributed by atoms with Crippen LogP contribution in [0, 0.1) is 0 Å². The highest BCUT2D eigenvalue weighted by atomic mass is 32.2. The van der Waals surface area contributed by atoms with Crippen molar-refractivity contribution in [3.63, 3.8) is 0 Å². The number of ether oxygens (including phenoxy) is 1. The Hall–Kier alpha value is -3.65. The molecule has 0 N–H and O–H groups in total. The zero-order chi connectivity index (χ0) is 22.3. The molecular weight excluding hydrogens is 426 g/mol. The molecule has 0 saturated heterocycles. The number of carbonyl (C=O) groups excluding carboxylic acids is 1. The molecule has 2 aromatic carbocycles. The van der Waals surface area contributed by atoms with Crippen LogP contribution in [0.15, 0.2) is 84.0 Å². The number of fused-ring (bicyclic) bond motifs is 2. The summed E-state index contributed by atoms with van der Waals surface area (Å²) in [7, 11) is -3.83. The lowest BCUT2D eigenvalue weighted by Crippen LogP contribution is -2.35. The second-order valence-corrected chi connectivity index (χ2v) is 9.60. The van der Waals surface area contributed by atoms with Gasteiger partial charge in [-0.2, -0.15) is 0 Å². The summed E-state index contributed by atoms with van der Waals surface area (Å²) in [6, 6.07) is 18.9. The number of anilines is 1. The minimum Gasteiger partial charge on any atom is -0.456 e. The van der Waals surface area contributed by atoms with E-state index in [0.717, 1.165) is 11.2 Å². The topological polar surface area (TPSA) is 81.0 Å². The van der Waals surface area contributed by atoms with Gasteiger partial charge in [-0.05, 0) is 55.3 Å². The molecule has 0 unspecified atom stereocenters. The summed E-state index contributed by atoms with van der Waals surface area (Å²) in [4.78, 5) is 17.1. The number of hydrogen-bond donors (Lipinski definition) is 0. The van der Waals surface area contributed by atoms with Gasteiger partial charge in [0.05, 0.1) is 21.8 Å². The van der Waals surface area contributed by atoms with Crippen molar-refractivity contribution in [2.24, 2.45) is 0 Å². The SMILES string of the molecule is C[C@@H]1Cc2ccccc2N1S(=O)(=O)c1cccc(C(=O)OCc2cn3ccccc3n2)c1. The van der Waals surface area contributed by atoms with E-state index < -0.39 is 16.0 Å². The molecule has 0 aliphatic carbocycles. The van der Waals surface area contributed by atoms with E-state index >= 15 is 0 Å². The molecule has 162 valence electrons. The molecule has 1 aliphatic rings. The third-order valence-corrected chi connectivity index (χ3v) is 7.46. The Morgan fingerprint density at radius 3 is 2.75 bits per heavy atom. The second kappa shape index (κ2) is 7.80. The van der Waals surface area contributed by atoms with Gasteiger partial charge in [-0.1, -0.05) is 30.3 Å². The molecule has 0 spiro atoms. The van der Waals surface area contributed by atoms with Gasteiger partial charge in [-0.25, -0.2) is 18.2 Å². The Balaban J connectivity index is 1.37. The third-order valence-electron chi connectivity index (χ3n) is 5.54. The van der Waals surface area contributed by atoms with Gasteiger partial charge in [0.1, 0.15) is 12.3 Å². The number of aromatic nitrogens is 2. The van der Waals surface area contributed by atoms with Crippen molar-refractivity contribution in [2.45, 2.75) is 30.9 Å². The van der Waals surface area contributed by atoms with Gasteiger partial charge in [0.15, 0.2) is 0 Å². The highest BCUT2D eigenvalue weighted by Gasteiger charge is 2.36. The molecule has 7 nitrogen and oxygen atoms in total. The molecule has 0 fully saturated rings. The smallest absolute Gasteiger partial charge is 0.338 e. The predicted molar refractivity (Wildman–Crippen MR) is 120 cm³/mol. The van der Waals surface area contributed by atoms with Gasteiger partial charge in [-0.3, -0.25) is 4.31 Å². The number of benzene rings is 2. The summed E-state index contributed by atoms with van der Waals surface area (Å²) in [6.45, 7) is 1.87. The number of pyridine rings is 1. The molecule has 3 heterocycles. The molecule has 0 saturated carbocycles. The van der Waals surface area contributed by atoms with Crippen molar-refractivity contribution in [2.75, 3.05) is 4.31 Å². The molecule has 1 aliphatic heterocycles. The number of hydrogen-bond acceptors (Lipinski definition) is 5. The molecule has 0 bridgehead atoms. The van der Waals surface area contributed by atoms with Crippen molar-refractivity contribution in [1.82, 2.24) is 9.38 Å². The first-order valence-corrected chi connectivity index (χ1v) is 11.7. The Morgan fingerprint density at radius 1 is 1.09 bits per heavy atom. The van der Waals surface area contributed by atoms with Crippen LogP contribution in [0.3, 0.4) is 0 Å². The third kappa shape index (κ3) is 3.52.